The number of benzene rings is 1. The van der Waals surface area contributed by atoms with Crippen molar-refractivity contribution in [3.63, 3.8) is 0 Å². The SMILES string of the molecule is Cc1cc(F)ccc1S(=O)(=O)NC(CC(=O)O)C(C)(C)C. The number of rotatable bonds is 5. The summed E-state index contributed by atoms with van der Waals surface area (Å²) in [5.74, 6) is -1.61. The summed E-state index contributed by atoms with van der Waals surface area (Å²) in [4.78, 5) is 10.9. The fraction of sp³-hybridized carbons (Fsp3) is 0.500. The fourth-order valence-electron chi connectivity index (χ4n) is 1.86. The molecular formula is C14H20FNO4S. The van der Waals surface area contributed by atoms with Gasteiger partial charge in [-0.15, -0.1) is 0 Å². The molecule has 21 heavy (non-hydrogen) atoms. The Morgan fingerprint density at radius 1 is 1.38 bits per heavy atom. The van der Waals surface area contributed by atoms with E-state index in [0.29, 0.717) is 0 Å². The highest BCUT2D eigenvalue weighted by Crippen LogP contribution is 2.25. The van der Waals surface area contributed by atoms with E-state index < -0.39 is 33.3 Å². The Morgan fingerprint density at radius 3 is 2.38 bits per heavy atom. The Balaban J connectivity index is 3.14. The lowest BCUT2D eigenvalue weighted by Gasteiger charge is -2.30. The summed E-state index contributed by atoms with van der Waals surface area (Å²) in [7, 11) is -3.92. The van der Waals surface area contributed by atoms with Gasteiger partial charge in [0.1, 0.15) is 5.82 Å². The predicted molar refractivity (Wildman–Crippen MR) is 77.0 cm³/mol. The summed E-state index contributed by atoms with van der Waals surface area (Å²) in [5.41, 5.74) is -0.301. The first kappa shape index (κ1) is 17.6. The Hall–Kier alpha value is -1.47. The van der Waals surface area contributed by atoms with Crippen LogP contribution < -0.4 is 4.72 Å². The molecule has 0 aliphatic rings. The predicted octanol–water partition coefficient (Wildman–Crippen LogP) is 2.30. The zero-order valence-electron chi connectivity index (χ0n) is 12.5. The molecular weight excluding hydrogens is 297 g/mol. The maximum Gasteiger partial charge on any atom is 0.304 e. The molecule has 0 saturated heterocycles. The number of halogens is 1. The van der Waals surface area contributed by atoms with Crippen LogP contribution >= 0.6 is 0 Å². The maximum absolute atomic E-state index is 13.1. The van der Waals surface area contributed by atoms with Crippen molar-refractivity contribution >= 4 is 16.0 Å². The molecule has 0 fully saturated rings. The summed E-state index contributed by atoms with van der Waals surface area (Å²) in [6, 6.07) is 2.58. The van der Waals surface area contributed by atoms with Gasteiger partial charge in [-0.3, -0.25) is 4.79 Å². The Morgan fingerprint density at radius 2 is 1.95 bits per heavy atom. The zero-order chi connectivity index (χ0) is 16.4. The van der Waals surface area contributed by atoms with Gasteiger partial charge in [0.05, 0.1) is 11.3 Å². The second kappa shape index (κ2) is 6.11. The second-order valence-electron chi connectivity index (χ2n) is 6.05. The van der Waals surface area contributed by atoms with E-state index in [2.05, 4.69) is 4.72 Å². The topological polar surface area (TPSA) is 83.5 Å². The normalized spacial score (nSPS) is 14.0. The van der Waals surface area contributed by atoms with Gasteiger partial charge in [0, 0.05) is 6.04 Å². The van der Waals surface area contributed by atoms with Crippen LogP contribution in [-0.2, 0) is 14.8 Å². The van der Waals surface area contributed by atoms with Crippen LogP contribution in [0.4, 0.5) is 4.39 Å². The van der Waals surface area contributed by atoms with E-state index in [0.717, 1.165) is 12.1 Å². The lowest BCUT2D eigenvalue weighted by Crippen LogP contribution is -2.45. The van der Waals surface area contributed by atoms with E-state index in [9.17, 15) is 17.6 Å². The maximum atomic E-state index is 13.1. The molecule has 1 aromatic rings. The molecule has 5 nitrogen and oxygen atoms in total. The summed E-state index contributed by atoms with van der Waals surface area (Å²) in [5, 5.41) is 8.92. The molecule has 7 heteroatoms. The number of hydrogen-bond donors (Lipinski definition) is 2. The second-order valence-corrected chi connectivity index (χ2v) is 7.73. The lowest BCUT2D eigenvalue weighted by molar-refractivity contribution is -0.138. The number of carbonyl (C=O) groups is 1. The van der Waals surface area contributed by atoms with Crippen LogP contribution in [0.2, 0.25) is 0 Å². The van der Waals surface area contributed by atoms with Crippen molar-refractivity contribution in [3.8, 4) is 0 Å². The average Bonchev–Trinajstić information content (AvgIpc) is 2.24. The van der Waals surface area contributed by atoms with Crippen molar-refractivity contribution in [2.45, 2.75) is 45.1 Å². The molecule has 0 aliphatic carbocycles. The van der Waals surface area contributed by atoms with E-state index in [1.165, 1.54) is 13.0 Å². The lowest BCUT2D eigenvalue weighted by atomic mass is 9.85. The first-order valence-electron chi connectivity index (χ1n) is 6.44. The minimum Gasteiger partial charge on any atom is -0.481 e. The van der Waals surface area contributed by atoms with Gasteiger partial charge in [-0.05, 0) is 36.1 Å². The largest absolute Gasteiger partial charge is 0.481 e. The van der Waals surface area contributed by atoms with Gasteiger partial charge in [0.15, 0.2) is 0 Å². The van der Waals surface area contributed by atoms with Gasteiger partial charge in [-0.2, -0.15) is 0 Å². The van der Waals surface area contributed by atoms with Crippen LogP contribution in [0.5, 0.6) is 0 Å². The van der Waals surface area contributed by atoms with Crippen LogP contribution in [0.3, 0.4) is 0 Å². The molecule has 0 spiro atoms. The quantitative estimate of drug-likeness (QED) is 0.873. The Kier molecular flexibility index (Phi) is 5.11. The fourth-order valence-corrected chi connectivity index (χ4v) is 3.53. The van der Waals surface area contributed by atoms with Crippen molar-refractivity contribution in [1.82, 2.24) is 4.72 Å². The van der Waals surface area contributed by atoms with Crippen molar-refractivity contribution in [3.05, 3.63) is 29.6 Å². The van der Waals surface area contributed by atoms with Crippen molar-refractivity contribution in [2.75, 3.05) is 0 Å². The van der Waals surface area contributed by atoms with Gasteiger partial charge in [0.25, 0.3) is 0 Å². The van der Waals surface area contributed by atoms with Crippen LogP contribution in [0.15, 0.2) is 23.1 Å². The summed E-state index contributed by atoms with van der Waals surface area (Å²) >= 11 is 0. The molecule has 1 atom stereocenters. The molecule has 1 unspecified atom stereocenters. The molecule has 0 aliphatic heterocycles. The van der Waals surface area contributed by atoms with Crippen LogP contribution in [0.1, 0.15) is 32.8 Å². The van der Waals surface area contributed by atoms with Gasteiger partial charge < -0.3 is 5.11 Å². The highest BCUT2D eigenvalue weighted by Gasteiger charge is 2.32. The number of aliphatic carboxylic acids is 1. The third-order valence-corrected chi connectivity index (χ3v) is 4.78. The highest BCUT2D eigenvalue weighted by atomic mass is 32.2. The monoisotopic (exact) mass is 317 g/mol. The van der Waals surface area contributed by atoms with Crippen LogP contribution in [-0.4, -0.2) is 25.5 Å². The number of carboxylic acids is 1. The van der Waals surface area contributed by atoms with Crippen molar-refractivity contribution in [2.24, 2.45) is 5.41 Å². The first-order valence-corrected chi connectivity index (χ1v) is 7.92. The van der Waals surface area contributed by atoms with Crippen molar-refractivity contribution < 1.29 is 22.7 Å². The van der Waals surface area contributed by atoms with E-state index in [-0.39, 0.29) is 16.9 Å². The minimum absolute atomic E-state index is 0.0523. The number of carboxylic acid groups (broad SMARTS) is 1. The Labute approximate surface area is 124 Å². The molecule has 0 saturated carbocycles. The summed E-state index contributed by atoms with van der Waals surface area (Å²) in [6.07, 6.45) is -0.330. The van der Waals surface area contributed by atoms with Crippen LogP contribution in [0, 0.1) is 18.2 Å². The Bertz CT molecular complexity index is 635. The summed E-state index contributed by atoms with van der Waals surface area (Å²) in [6.45, 7) is 6.74. The molecule has 0 aromatic heterocycles. The first-order chi connectivity index (χ1) is 9.43. The minimum atomic E-state index is -3.92. The third kappa shape index (κ3) is 4.78. The van der Waals surface area contributed by atoms with Crippen LogP contribution in [0.25, 0.3) is 0 Å². The summed E-state index contributed by atoms with van der Waals surface area (Å²) < 4.78 is 40.2. The third-order valence-electron chi connectivity index (χ3n) is 3.15. The number of hydrogen-bond acceptors (Lipinski definition) is 3. The van der Waals surface area contributed by atoms with Crippen molar-refractivity contribution in [1.29, 1.82) is 0 Å². The standard InChI is InChI=1S/C14H20FNO4S/c1-9-7-10(15)5-6-11(9)21(19,20)16-12(8-13(17)18)14(2,3)4/h5-7,12,16H,8H2,1-4H3,(H,17,18). The molecule has 0 heterocycles. The van der Waals surface area contributed by atoms with Gasteiger partial charge in [0.2, 0.25) is 10.0 Å². The van der Waals surface area contributed by atoms with E-state index >= 15 is 0 Å². The van der Waals surface area contributed by atoms with Gasteiger partial charge in [-0.1, -0.05) is 20.8 Å². The molecule has 2 N–H and O–H groups in total. The molecule has 0 bridgehead atoms. The zero-order valence-corrected chi connectivity index (χ0v) is 13.3. The molecule has 0 amide bonds. The smallest absolute Gasteiger partial charge is 0.304 e. The molecule has 118 valence electrons. The van der Waals surface area contributed by atoms with Gasteiger partial charge in [-0.25, -0.2) is 17.5 Å². The van der Waals surface area contributed by atoms with E-state index in [1.807, 2.05) is 0 Å². The van der Waals surface area contributed by atoms with E-state index in [4.69, 9.17) is 5.11 Å². The average molecular weight is 317 g/mol. The molecule has 1 rings (SSSR count). The van der Waals surface area contributed by atoms with Gasteiger partial charge >= 0.3 is 5.97 Å². The molecule has 1 aromatic carbocycles. The number of sulfonamides is 1. The van der Waals surface area contributed by atoms with E-state index in [1.54, 1.807) is 20.8 Å². The highest BCUT2D eigenvalue weighted by molar-refractivity contribution is 7.89. The number of aryl methyl sites for hydroxylation is 1. The molecule has 0 radical (unpaired) electrons. The number of nitrogens with one attached hydrogen (secondary N) is 1.